The van der Waals surface area contributed by atoms with Crippen LogP contribution in [-0.4, -0.2) is 35.2 Å². The van der Waals surface area contributed by atoms with Crippen molar-refractivity contribution >= 4 is 0 Å². The summed E-state index contributed by atoms with van der Waals surface area (Å²) in [5.74, 6) is 1.65. The van der Waals surface area contributed by atoms with E-state index in [1.165, 1.54) is 19.4 Å². The van der Waals surface area contributed by atoms with Crippen molar-refractivity contribution in [1.82, 2.24) is 15.4 Å². The van der Waals surface area contributed by atoms with Crippen LogP contribution in [0.15, 0.2) is 10.6 Å². The first-order chi connectivity index (χ1) is 8.92. The minimum atomic E-state index is 0.214. The average molecular weight is 265 g/mol. The molecule has 4 heteroatoms. The highest BCUT2D eigenvalue weighted by atomic mass is 16.5. The number of aromatic nitrogens is 1. The number of hydrogen-bond donors (Lipinski definition) is 1. The van der Waals surface area contributed by atoms with E-state index in [4.69, 9.17) is 4.52 Å². The maximum atomic E-state index is 5.14. The predicted octanol–water partition coefficient (Wildman–Crippen LogP) is 2.58. The van der Waals surface area contributed by atoms with Gasteiger partial charge in [0.05, 0.1) is 5.69 Å². The zero-order chi connectivity index (χ0) is 13.9. The fourth-order valence-corrected chi connectivity index (χ4v) is 2.63. The van der Waals surface area contributed by atoms with Crippen LogP contribution in [0.4, 0.5) is 0 Å². The Bertz CT molecular complexity index is 394. The van der Waals surface area contributed by atoms with Gasteiger partial charge in [0.1, 0.15) is 5.76 Å². The van der Waals surface area contributed by atoms with Crippen molar-refractivity contribution in [2.45, 2.75) is 52.6 Å². The zero-order valence-electron chi connectivity index (χ0n) is 12.7. The lowest BCUT2D eigenvalue weighted by Crippen LogP contribution is -2.44. The molecule has 0 amide bonds. The van der Waals surface area contributed by atoms with E-state index in [1.54, 1.807) is 0 Å². The number of nitrogens with one attached hydrogen (secondary N) is 1. The molecule has 1 unspecified atom stereocenters. The Balaban J connectivity index is 1.80. The smallest absolute Gasteiger partial charge is 0.133 e. The minimum absolute atomic E-state index is 0.214. The summed E-state index contributed by atoms with van der Waals surface area (Å²) < 4.78 is 5.14. The molecule has 1 aliphatic heterocycles. The first kappa shape index (κ1) is 14.5. The highest BCUT2D eigenvalue weighted by Crippen LogP contribution is 2.18. The van der Waals surface area contributed by atoms with Crippen LogP contribution in [0.5, 0.6) is 0 Å². The summed E-state index contributed by atoms with van der Waals surface area (Å²) in [7, 11) is 0. The molecule has 0 aliphatic carbocycles. The molecule has 1 N–H and O–H groups in total. The monoisotopic (exact) mass is 265 g/mol. The maximum Gasteiger partial charge on any atom is 0.133 e. The highest BCUT2D eigenvalue weighted by Gasteiger charge is 2.22. The maximum absolute atomic E-state index is 5.14. The summed E-state index contributed by atoms with van der Waals surface area (Å²) >= 11 is 0. The molecule has 4 nitrogen and oxygen atoms in total. The molecule has 0 bridgehead atoms. The van der Waals surface area contributed by atoms with Crippen molar-refractivity contribution in [1.29, 1.82) is 0 Å². The zero-order valence-corrected chi connectivity index (χ0v) is 12.7. The van der Waals surface area contributed by atoms with Crippen LogP contribution in [0.1, 0.15) is 45.1 Å². The largest absolute Gasteiger partial charge is 0.361 e. The Morgan fingerprint density at radius 2 is 2.26 bits per heavy atom. The normalized spacial score (nSPS) is 21.8. The molecule has 2 rings (SSSR count). The molecular formula is C15H27N3O. The van der Waals surface area contributed by atoms with Crippen LogP contribution < -0.4 is 5.32 Å². The molecule has 1 atom stereocenters. The summed E-state index contributed by atoms with van der Waals surface area (Å²) in [5, 5.41) is 7.71. The van der Waals surface area contributed by atoms with E-state index in [2.05, 4.69) is 36.1 Å². The third-order valence-electron chi connectivity index (χ3n) is 3.59. The molecule has 1 aromatic rings. The van der Waals surface area contributed by atoms with Crippen LogP contribution in [0.3, 0.4) is 0 Å². The van der Waals surface area contributed by atoms with Crippen molar-refractivity contribution in [2.24, 2.45) is 5.92 Å². The van der Waals surface area contributed by atoms with Crippen LogP contribution in [0, 0.1) is 12.8 Å². The van der Waals surface area contributed by atoms with Crippen LogP contribution in [0.2, 0.25) is 0 Å². The second-order valence-corrected chi connectivity index (χ2v) is 6.80. The Labute approximate surface area is 116 Å². The Morgan fingerprint density at radius 3 is 2.89 bits per heavy atom. The number of aryl methyl sites for hydroxylation is 1. The van der Waals surface area contributed by atoms with Gasteiger partial charge in [-0.25, -0.2) is 0 Å². The molecule has 1 fully saturated rings. The van der Waals surface area contributed by atoms with Crippen molar-refractivity contribution in [3.63, 3.8) is 0 Å². The number of piperidine rings is 1. The van der Waals surface area contributed by atoms with Crippen molar-refractivity contribution < 1.29 is 4.52 Å². The third-order valence-corrected chi connectivity index (χ3v) is 3.59. The fourth-order valence-electron chi connectivity index (χ4n) is 2.63. The van der Waals surface area contributed by atoms with E-state index < -0.39 is 0 Å². The molecule has 1 aliphatic rings. The fraction of sp³-hybridized carbons (Fsp3) is 0.800. The lowest BCUT2D eigenvalue weighted by molar-refractivity contribution is 0.156. The van der Waals surface area contributed by atoms with Crippen LogP contribution >= 0.6 is 0 Å². The predicted molar refractivity (Wildman–Crippen MR) is 77.0 cm³/mol. The molecule has 2 heterocycles. The van der Waals surface area contributed by atoms with E-state index in [0.29, 0.717) is 0 Å². The van der Waals surface area contributed by atoms with Gasteiger partial charge in [-0.05, 0) is 59.5 Å². The van der Waals surface area contributed by atoms with Crippen molar-refractivity contribution in [3.8, 4) is 0 Å². The van der Waals surface area contributed by atoms with Gasteiger partial charge in [-0.2, -0.15) is 0 Å². The summed E-state index contributed by atoms with van der Waals surface area (Å²) in [5.41, 5.74) is 1.27. The van der Waals surface area contributed by atoms with E-state index in [9.17, 15) is 0 Å². The standard InChI is InChI=1S/C15H27N3O/c1-12-8-14(17-19-12)11-18-7-5-6-13(10-18)9-16-15(2,3)4/h8,13,16H,5-7,9-11H2,1-4H3. The minimum Gasteiger partial charge on any atom is -0.361 e. The van der Waals surface area contributed by atoms with E-state index in [1.807, 2.05) is 13.0 Å². The Morgan fingerprint density at radius 1 is 1.47 bits per heavy atom. The summed E-state index contributed by atoms with van der Waals surface area (Å²) in [4.78, 5) is 2.50. The van der Waals surface area contributed by atoms with Gasteiger partial charge in [0, 0.05) is 24.7 Å². The number of nitrogens with zero attached hydrogens (tertiary/aromatic N) is 2. The van der Waals surface area contributed by atoms with Crippen LogP contribution in [0.25, 0.3) is 0 Å². The average Bonchev–Trinajstić information content (AvgIpc) is 2.72. The van der Waals surface area contributed by atoms with Gasteiger partial charge in [-0.3, -0.25) is 4.90 Å². The first-order valence-electron chi connectivity index (χ1n) is 7.32. The molecule has 0 radical (unpaired) electrons. The van der Waals surface area contributed by atoms with E-state index in [0.717, 1.165) is 37.0 Å². The van der Waals surface area contributed by atoms with Crippen molar-refractivity contribution in [3.05, 3.63) is 17.5 Å². The topological polar surface area (TPSA) is 41.3 Å². The second-order valence-electron chi connectivity index (χ2n) is 6.80. The number of hydrogen-bond acceptors (Lipinski definition) is 4. The summed E-state index contributed by atoms with van der Waals surface area (Å²) in [6.07, 6.45) is 2.62. The molecule has 1 saturated heterocycles. The van der Waals surface area contributed by atoms with Gasteiger partial charge in [-0.1, -0.05) is 5.16 Å². The quantitative estimate of drug-likeness (QED) is 0.908. The summed E-state index contributed by atoms with van der Waals surface area (Å²) in [6.45, 7) is 13.0. The molecule has 0 saturated carbocycles. The van der Waals surface area contributed by atoms with Gasteiger partial charge in [0.15, 0.2) is 0 Å². The van der Waals surface area contributed by atoms with Crippen LogP contribution in [-0.2, 0) is 6.54 Å². The first-order valence-corrected chi connectivity index (χ1v) is 7.32. The molecule has 0 spiro atoms. The molecule has 1 aromatic heterocycles. The lowest BCUT2D eigenvalue weighted by atomic mass is 9.96. The van der Waals surface area contributed by atoms with Gasteiger partial charge in [0.2, 0.25) is 0 Å². The molecule has 19 heavy (non-hydrogen) atoms. The highest BCUT2D eigenvalue weighted by molar-refractivity contribution is 5.03. The van der Waals surface area contributed by atoms with Gasteiger partial charge < -0.3 is 9.84 Å². The number of likely N-dealkylation sites (tertiary alicyclic amines) is 1. The Kier molecular flexibility index (Phi) is 4.63. The molecule has 108 valence electrons. The molecule has 0 aromatic carbocycles. The Hall–Kier alpha value is -0.870. The SMILES string of the molecule is Cc1cc(CN2CCCC(CNC(C)(C)C)C2)no1. The third kappa shape index (κ3) is 4.96. The lowest BCUT2D eigenvalue weighted by Gasteiger charge is -2.34. The van der Waals surface area contributed by atoms with Gasteiger partial charge >= 0.3 is 0 Å². The number of rotatable bonds is 4. The second kappa shape index (κ2) is 6.06. The molecular weight excluding hydrogens is 238 g/mol. The van der Waals surface area contributed by atoms with E-state index >= 15 is 0 Å². The summed E-state index contributed by atoms with van der Waals surface area (Å²) in [6, 6.07) is 2.04. The van der Waals surface area contributed by atoms with Gasteiger partial charge in [-0.15, -0.1) is 0 Å². The van der Waals surface area contributed by atoms with Gasteiger partial charge in [0.25, 0.3) is 0 Å². The van der Waals surface area contributed by atoms with Crippen molar-refractivity contribution in [2.75, 3.05) is 19.6 Å². The van der Waals surface area contributed by atoms with E-state index in [-0.39, 0.29) is 5.54 Å².